The summed E-state index contributed by atoms with van der Waals surface area (Å²) in [7, 11) is 0. The lowest BCUT2D eigenvalue weighted by atomic mass is 9.48. The van der Waals surface area contributed by atoms with Gasteiger partial charge in [-0.15, -0.1) is 5.10 Å². The van der Waals surface area contributed by atoms with Crippen LogP contribution in [0.3, 0.4) is 0 Å². The van der Waals surface area contributed by atoms with Crippen molar-refractivity contribution in [3.63, 3.8) is 0 Å². The summed E-state index contributed by atoms with van der Waals surface area (Å²) in [6.45, 7) is 4.40. The Morgan fingerprint density at radius 3 is 2.69 bits per heavy atom. The summed E-state index contributed by atoms with van der Waals surface area (Å²) in [5, 5.41) is 35.2. The van der Waals surface area contributed by atoms with Crippen molar-refractivity contribution in [3.8, 4) is 0 Å². The molecule has 172 valence electrons. The van der Waals surface area contributed by atoms with Gasteiger partial charge in [0.25, 0.3) is 0 Å². The molecular weight excluding hydrogens is 406 g/mol. The van der Waals surface area contributed by atoms with E-state index in [9.17, 15) is 9.90 Å². The first-order chi connectivity index (χ1) is 15.4. The number of aromatic nitrogens is 4. The Hall–Kier alpha value is -2.32. The molecule has 0 amide bonds. The highest BCUT2D eigenvalue weighted by molar-refractivity contribution is 5.68. The van der Waals surface area contributed by atoms with Crippen LogP contribution in [0.1, 0.15) is 68.0 Å². The number of carbonyl (C=O) groups is 1. The lowest BCUT2D eigenvalue weighted by Crippen LogP contribution is -2.58. The topological polar surface area (TPSA) is 113 Å². The molecule has 1 heterocycles. The lowest BCUT2D eigenvalue weighted by Gasteiger charge is -2.60. The van der Waals surface area contributed by atoms with Gasteiger partial charge in [-0.1, -0.05) is 25.1 Å². The van der Waals surface area contributed by atoms with Crippen LogP contribution in [0.5, 0.6) is 0 Å². The number of hydrogen-bond donors (Lipinski definition) is 3. The number of tetrazole rings is 1. The number of aliphatic hydroxyl groups is 1. The van der Waals surface area contributed by atoms with Crippen molar-refractivity contribution in [2.75, 3.05) is 6.54 Å². The second-order valence-electron chi connectivity index (χ2n) is 10.6. The number of aliphatic carboxylic acids is 1. The standard InChI is InChI=1S/C24H33N5O3/c1-2-19-6-16(3-4-20(19)13-29-21(7-22(30)31)26-27-28-29)12-25-15-23-8-17-5-18(9-23)11-24(32,10-17)14-23/h3-4,6,17-18,25,32H,2,5,7-15H2,1H3,(H,30,31). The van der Waals surface area contributed by atoms with Gasteiger partial charge < -0.3 is 15.5 Å². The molecule has 0 spiro atoms. The third kappa shape index (κ3) is 4.30. The predicted octanol–water partition coefficient (Wildman–Crippen LogP) is 2.33. The van der Waals surface area contributed by atoms with E-state index in [1.54, 1.807) is 4.68 Å². The average Bonchev–Trinajstić information content (AvgIpc) is 3.13. The number of nitrogens with zero attached hydrogens (tertiary/aromatic N) is 4. The van der Waals surface area contributed by atoms with Crippen LogP contribution in [0, 0.1) is 17.3 Å². The SMILES string of the molecule is CCc1cc(CNCC23CC4CC(CC(O)(C4)C2)C3)ccc1Cn1nnnc1CC(=O)O. The number of nitrogens with one attached hydrogen (secondary N) is 1. The third-order valence-electron chi connectivity index (χ3n) is 7.87. The van der Waals surface area contributed by atoms with Gasteiger partial charge in [-0.05, 0) is 89.3 Å². The van der Waals surface area contributed by atoms with Crippen LogP contribution in [-0.4, -0.2) is 48.5 Å². The summed E-state index contributed by atoms with van der Waals surface area (Å²) in [6, 6.07) is 6.47. The van der Waals surface area contributed by atoms with Gasteiger partial charge in [0, 0.05) is 13.1 Å². The number of rotatable bonds is 9. The number of benzene rings is 1. The smallest absolute Gasteiger partial charge is 0.311 e. The van der Waals surface area contributed by atoms with Crippen molar-refractivity contribution in [1.29, 1.82) is 0 Å². The summed E-state index contributed by atoms with van der Waals surface area (Å²) in [4.78, 5) is 11.0. The second kappa shape index (κ2) is 8.23. The molecule has 2 aromatic rings. The fourth-order valence-electron chi connectivity index (χ4n) is 7.12. The number of carboxylic acid groups (broad SMARTS) is 1. The van der Waals surface area contributed by atoms with Crippen LogP contribution in [0.15, 0.2) is 18.2 Å². The molecule has 4 bridgehead atoms. The van der Waals surface area contributed by atoms with Gasteiger partial charge in [-0.3, -0.25) is 4.79 Å². The molecule has 2 unspecified atom stereocenters. The molecule has 0 saturated heterocycles. The maximum absolute atomic E-state index is 11.0. The Morgan fingerprint density at radius 1 is 1.22 bits per heavy atom. The van der Waals surface area contributed by atoms with E-state index in [1.807, 2.05) is 0 Å². The summed E-state index contributed by atoms with van der Waals surface area (Å²) in [5.41, 5.74) is 3.45. The van der Waals surface area contributed by atoms with Crippen LogP contribution in [0.4, 0.5) is 0 Å². The Morgan fingerprint density at radius 2 is 2.00 bits per heavy atom. The van der Waals surface area contributed by atoms with E-state index in [-0.39, 0.29) is 11.8 Å². The molecule has 4 aliphatic carbocycles. The van der Waals surface area contributed by atoms with E-state index in [1.165, 1.54) is 30.4 Å². The predicted molar refractivity (Wildman–Crippen MR) is 118 cm³/mol. The van der Waals surface area contributed by atoms with E-state index in [0.717, 1.165) is 44.3 Å². The molecule has 6 rings (SSSR count). The monoisotopic (exact) mass is 439 g/mol. The van der Waals surface area contributed by atoms with Crippen LogP contribution in [0.2, 0.25) is 0 Å². The lowest BCUT2D eigenvalue weighted by molar-refractivity contribution is -0.162. The zero-order valence-electron chi connectivity index (χ0n) is 18.8. The molecule has 0 radical (unpaired) electrons. The molecule has 1 aromatic carbocycles. The minimum atomic E-state index is -0.940. The first-order valence-corrected chi connectivity index (χ1v) is 11.9. The summed E-state index contributed by atoms with van der Waals surface area (Å²) in [6.07, 6.45) is 7.55. The van der Waals surface area contributed by atoms with Gasteiger partial charge in [0.2, 0.25) is 0 Å². The van der Waals surface area contributed by atoms with Crippen molar-refractivity contribution in [2.24, 2.45) is 17.3 Å². The second-order valence-corrected chi connectivity index (χ2v) is 10.6. The fraction of sp³-hybridized carbons (Fsp3) is 0.667. The van der Waals surface area contributed by atoms with E-state index < -0.39 is 11.6 Å². The van der Waals surface area contributed by atoms with Crippen molar-refractivity contribution < 1.29 is 15.0 Å². The molecule has 8 nitrogen and oxygen atoms in total. The first-order valence-electron chi connectivity index (χ1n) is 11.9. The molecule has 4 aliphatic rings. The van der Waals surface area contributed by atoms with Gasteiger partial charge in [-0.25, -0.2) is 4.68 Å². The van der Waals surface area contributed by atoms with E-state index in [0.29, 0.717) is 24.2 Å². The summed E-state index contributed by atoms with van der Waals surface area (Å²) < 4.78 is 1.57. The van der Waals surface area contributed by atoms with Crippen molar-refractivity contribution in [3.05, 3.63) is 40.7 Å². The van der Waals surface area contributed by atoms with Crippen LogP contribution < -0.4 is 5.32 Å². The molecule has 1 aromatic heterocycles. The van der Waals surface area contributed by atoms with Gasteiger partial charge in [0.15, 0.2) is 5.82 Å². The van der Waals surface area contributed by atoms with E-state index in [4.69, 9.17) is 5.11 Å². The Labute approximate surface area is 188 Å². The van der Waals surface area contributed by atoms with Crippen LogP contribution in [-0.2, 0) is 30.7 Å². The van der Waals surface area contributed by atoms with Gasteiger partial charge in [-0.2, -0.15) is 0 Å². The van der Waals surface area contributed by atoms with Crippen molar-refractivity contribution in [1.82, 2.24) is 25.5 Å². The molecule has 8 heteroatoms. The highest BCUT2D eigenvalue weighted by Gasteiger charge is 2.56. The van der Waals surface area contributed by atoms with Crippen LogP contribution >= 0.6 is 0 Å². The molecular formula is C24H33N5O3. The first kappa shape index (κ1) is 21.5. The normalized spacial score (nSPS) is 30.7. The van der Waals surface area contributed by atoms with Crippen LogP contribution in [0.25, 0.3) is 0 Å². The third-order valence-corrected chi connectivity index (χ3v) is 7.87. The maximum Gasteiger partial charge on any atom is 0.311 e. The molecule has 3 N–H and O–H groups in total. The van der Waals surface area contributed by atoms with Gasteiger partial charge in [0.1, 0.15) is 6.42 Å². The average molecular weight is 440 g/mol. The molecule has 32 heavy (non-hydrogen) atoms. The fourth-order valence-corrected chi connectivity index (χ4v) is 7.12. The molecule has 4 saturated carbocycles. The Kier molecular flexibility index (Phi) is 5.53. The largest absolute Gasteiger partial charge is 0.481 e. The quantitative estimate of drug-likeness (QED) is 0.550. The summed E-state index contributed by atoms with van der Waals surface area (Å²) >= 11 is 0. The van der Waals surface area contributed by atoms with E-state index >= 15 is 0 Å². The highest BCUT2D eigenvalue weighted by atomic mass is 16.4. The number of carboxylic acids is 1. The zero-order chi connectivity index (χ0) is 22.3. The highest BCUT2D eigenvalue weighted by Crippen LogP contribution is 2.61. The van der Waals surface area contributed by atoms with E-state index in [2.05, 4.69) is 46.0 Å². The Balaban J connectivity index is 1.22. The molecule has 4 fully saturated rings. The Bertz CT molecular complexity index is 989. The zero-order valence-corrected chi connectivity index (χ0v) is 18.8. The maximum atomic E-state index is 11.0. The van der Waals surface area contributed by atoms with Crippen molar-refractivity contribution >= 4 is 5.97 Å². The van der Waals surface area contributed by atoms with Gasteiger partial charge in [0.05, 0.1) is 12.1 Å². The minimum Gasteiger partial charge on any atom is -0.481 e. The molecule has 2 atom stereocenters. The number of hydrogen-bond acceptors (Lipinski definition) is 6. The summed E-state index contributed by atoms with van der Waals surface area (Å²) in [5.74, 6) is 0.851. The molecule has 0 aliphatic heterocycles. The van der Waals surface area contributed by atoms with Gasteiger partial charge >= 0.3 is 5.97 Å². The van der Waals surface area contributed by atoms with Crippen molar-refractivity contribution in [2.45, 2.75) is 77.0 Å². The number of aryl methyl sites for hydroxylation is 1. The minimum absolute atomic E-state index is 0.185.